The molecule has 106 valence electrons. The van der Waals surface area contributed by atoms with Gasteiger partial charge in [-0.3, -0.25) is 0 Å². The second kappa shape index (κ2) is 7.50. The van der Waals surface area contributed by atoms with Crippen molar-refractivity contribution in [1.29, 1.82) is 0 Å². The predicted octanol–water partition coefficient (Wildman–Crippen LogP) is 2.93. The molecule has 1 aliphatic carbocycles. The van der Waals surface area contributed by atoms with E-state index in [1.165, 1.54) is 30.6 Å². The number of hydrogen-bond donors (Lipinski definition) is 2. The van der Waals surface area contributed by atoms with Crippen molar-refractivity contribution in [3.63, 3.8) is 0 Å². The van der Waals surface area contributed by atoms with E-state index in [9.17, 15) is 4.79 Å². The second-order valence-corrected chi connectivity index (χ2v) is 5.91. The zero-order valence-corrected chi connectivity index (χ0v) is 12.2. The van der Waals surface area contributed by atoms with Gasteiger partial charge in [-0.15, -0.1) is 11.3 Å². The molecule has 1 unspecified atom stereocenters. The topological polar surface area (TPSA) is 50.4 Å². The Balaban J connectivity index is 1.92. The Morgan fingerprint density at radius 1 is 1.53 bits per heavy atom. The smallest absolute Gasteiger partial charge is 0.315 e. The van der Waals surface area contributed by atoms with Crippen LogP contribution in [0.2, 0.25) is 0 Å². The van der Waals surface area contributed by atoms with Gasteiger partial charge in [0.05, 0.1) is 12.6 Å². The van der Waals surface area contributed by atoms with Gasteiger partial charge in [0.2, 0.25) is 0 Å². The number of carbonyl (C=O) groups excluding carboxylic acids is 1. The van der Waals surface area contributed by atoms with Crippen LogP contribution in [0.1, 0.15) is 36.6 Å². The van der Waals surface area contributed by atoms with Crippen LogP contribution in [0.3, 0.4) is 0 Å². The summed E-state index contributed by atoms with van der Waals surface area (Å²) >= 11 is 1.72. The summed E-state index contributed by atoms with van der Waals surface area (Å²) in [4.78, 5) is 13.2. The van der Waals surface area contributed by atoms with E-state index < -0.39 is 0 Å². The first-order valence-electron chi connectivity index (χ1n) is 6.88. The quantitative estimate of drug-likeness (QED) is 0.788. The molecule has 2 rings (SSSR count). The van der Waals surface area contributed by atoms with Gasteiger partial charge in [0.1, 0.15) is 0 Å². The van der Waals surface area contributed by atoms with Gasteiger partial charge in [-0.1, -0.05) is 18.9 Å². The van der Waals surface area contributed by atoms with Crippen LogP contribution in [0.5, 0.6) is 0 Å². The van der Waals surface area contributed by atoms with Gasteiger partial charge in [-0.05, 0) is 30.2 Å². The molecule has 0 saturated heterocycles. The average Bonchev–Trinajstić information content (AvgIpc) is 3.09. The first-order chi connectivity index (χ1) is 9.31. The maximum atomic E-state index is 11.9. The number of urea groups is 1. The Morgan fingerprint density at radius 2 is 2.32 bits per heavy atom. The molecule has 0 spiro atoms. The summed E-state index contributed by atoms with van der Waals surface area (Å²) in [5, 5.41) is 8.03. The zero-order valence-electron chi connectivity index (χ0n) is 11.4. The van der Waals surface area contributed by atoms with E-state index >= 15 is 0 Å². The fraction of sp³-hybridized carbons (Fsp3) is 0.643. The molecule has 1 aromatic heterocycles. The normalized spacial score (nSPS) is 17.3. The Labute approximate surface area is 118 Å². The summed E-state index contributed by atoms with van der Waals surface area (Å²) in [5.74, 6) is 0.576. The summed E-state index contributed by atoms with van der Waals surface area (Å²) in [5.41, 5.74) is 0. The SMILES string of the molecule is COCCNC(=O)NC(c1cccs1)C1CCCC1. The van der Waals surface area contributed by atoms with Crippen LogP contribution in [-0.2, 0) is 4.74 Å². The lowest BCUT2D eigenvalue weighted by Gasteiger charge is -2.23. The van der Waals surface area contributed by atoms with Crippen molar-refractivity contribution in [1.82, 2.24) is 10.6 Å². The highest BCUT2D eigenvalue weighted by atomic mass is 32.1. The lowest BCUT2D eigenvalue weighted by atomic mass is 9.97. The summed E-state index contributed by atoms with van der Waals surface area (Å²) in [6.45, 7) is 1.09. The zero-order chi connectivity index (χ0) is 13.5. The molecule has 1 atom stereocenters. The van der Waals surface area contributed by atoms with Gasteiger partial charge in [-0.25, -0.2) is 4.79 Å². The van der Waals surface area contributed by atoms with Crippen molar-refractivity contribution in [2.75, 3.05) is 20.3 Å². The van der Waals surface area contributed by atoms with Crippen molar-refractivity contribution >= 4 is 17.4 Å². The lowest BCUT2D eigenvalue weighted by molar-refractivity contribution is 0.194. The van der Waals surface area contributed by atoms with Crippen LogP contribution in [-0.4, -0.2) is 26.3 Å². The maximum absolute atomic E-state index is 11.9. The van der Waals surface area contributed by atoms with Crippen LogP contribution >= 0.6 is 11.3 Å². The number of carbonyl (C=O) groups is 1. The molecule has 0 aromatic carbocycles. The highest BCUT2D eigenvalue weighted by Gasteiger charge is 2.28. The molecule has 1 fully saturated rings. The molecule has 0 bridgehead atoms. The van der Waals surface area contributed by atoms with Gasteiger partial charge in [0.25, 0.3) is 0 Å². The largest absolute Gasteiger partial charge is 0.383 e. The predicted molar refractivity (Wildman–Crippen MR) is 77.4 cm³/mol. The number of nitrogens with one attached hydrogen (secondary N) is 2. The molecule has 1 saturated carbocycles. The molecule has 19 heavy (non-hydrogen) atoms. The van der Waals surface area contributed by atoms with E-state index in [-0.39, 0.29) is 12.1 Å². The fourth-order valence-electron chi connectivity index (χ4n) is 2.64. The number of amides is 2. The van der Waals surface area contributed by atoms with Crippen LogP contribution in [0.15, 0.2) is 17.5 Å². The van der Waals surface area contributed by atoms with Gasteiger partial charge in [0, 0.05) is 18.5 Å². The molecular formula is C14H22N2O2S. The summed E-state index contributed by atoms with van der Waals surface area (Å²) in [7, 11) is 1.63. The van der Waals surface area contributed by atoms with Crippen molar-refractivity contribution in [3.05, 3.63) is 22.4 Å². The van der Waals surface area contributed by atoms with Crippen LogP contribution in [0, 0.1) is 5.92 Å². The molecule has 5 heteroatoms. The van der Waals surface area contributed by atoms with Gasteiger partial charge >= 0.3 is 6.03 Å². The Morgan fingerprint density at radius 3 is 2.95 bits per heavy atom. The van der Waals surface area contributed by atoms with E-state index in [0.29, 0.717) is 19.1 Å². The van der Waals surface area contributed by atoms with E-state index in [2.05, 4.69) is 22.1 Å². The van der Waals surface area contributed by atoms with Gasteiger partial charge in [0.15, 0.2) is 0 Å². The van der Waals surface area contributed by atoms with Gasteiger partial charge < -0.3 is 15.4 Å². The molecule has 1 aromatic rings. The highest BCUT2D eigenvalue weighted by Crippen LogP contribution is 2.37. The summed E-state index contributed by atoms with van der Waals surface area (Å²) < 4.78 is 4.93. The first kappa shape index (κ1) is 14.3. The molecule has 2 amide bonds. The Bertz CT molecular complexity index is 375. The minimum absolute atomic E-state index is 0.0950. The van der Waals surface area contributed by atoms with E-state index in [0.717, 1.165) is 0 Å². The third-order valence-corrected chi connectivity index (χ3v) is 4.55. The third kappa shape index (κ3) is 4.21. The van der Waals surface area contributed by atoms with Crippen molar-refractivity contribution in [2.24, 2.45) is 5.92 Å². The first-order valence-corrected chi connectivity index (χ1v) is 7.76. The molecule has 0 aliphatic heterocycles. The lowest BCUT2D eigenvalue weighted by Crippen LogP contribution is -2.41. The van der Waals surface area contributed by atoms with Crippen molar-refractivity contribution in [2.45, 2.75) is 31.7 Å². The van der Waals surface area contributed by atoms with Crippen LogP contribution < -0.4 is 10.6 Å². The van der Waals surface area contributed by atoms with E-state index in [1.807, 2.05) is 6.07 Å². The second-order valence-electron chi connectivity index (χ2n) is 4.93. The molecule has 1 aliphatic rings. The Hall–Kier alpha value is -1.07. The molecular weight excluding hydrogens is 260 g/mol. The standard InChI is InChI=1S/C14H22N2O2S/c1-18-9-8-15-14(17)16-13(11-5-2-3-6-11)12-7-4-10-19-12/h4,7,10-11,13H,2-3,5-6,8-9H2,1H3,(H2,15,16,17). The monoisotopic (exact) mass is 282 g/mol. The van der Waals surface area contributed by atoms with Gasteiger partial charge in [-0.2, -0.15) is 0 Å². The number of thiophene rings is 1. The molecule has 4 nitrogen and oxygen atoms in total. The highest BCUT2D eigenvalue weighted by molar-refractivity contribution is 7.10. The molecule has 1 heterocycles. The number of hydrogen-bond acceptors (Lipinski definition) is 3. The van der Waals surface area contributed by atoms with Crippen LogP contribution in [0.4, 0.5) is 4.79 Å². The minimum atomic E-state index is -0.0950. The minimum Gasteiger partial charge on any atom is -0.383 e. The molecule has 0 radical (unpaired) electrons. The van der Waals surface area contributed by atoms with Crippen molar-refractivity contribution in [3.8, 4) is 0 Å². The Kier molecular flexibility index (Phi) is 5.66. The average molecular weight is 282 g/mol. The number of methoxy groups -OCH3 is 1. The third-order valence-electron chi connectivity index (χ3n) is 3.60. The number of rotatable bonds is 6. The van der Waals surface area contributed by atoms with E-state index in [4.69, 9.17) is 4.74 Å². The fourth-order valence-corrected chi connectivity index (χ4v) is 3.51. The molecule has 2 N–H and O–H groups in total. The number of ether oxygens (including phenoxy) is 1. The van der Waals surface area contributed by atoms with Crippen LogP contribution in [0.25, 0.3) is 0 Å². The summed E-state index contributed by atoms with van der Waals surface area (Å²) in [6.07, 6.45) is 4.97. The summed E-state index contributed by atoms with van der Waals surface area (Å²) in [6, 6.07) is 4.22. The maximum Gasteiger partial charge on any atom is 0.315 e. The van der Waals surface area contributed by atoms with E-state index in [1.54, 1.807) is 18.4 Å². The van der Waals surface area contributed by atoms with Crippen molar-refractivity contribution < 1.29 is 9.53 Å².